The van der Waals surface area contributed by atoms with Crippen LogP contribution in [0.1, 0.15) is 5.56 Å². The minimum Gasteiger partial charge on any atom is -0.325 e. The zero-order valence-electron chi connectivity index (χ0n) is 9.79. The molecule has 0 bridgehead atoms. The van der Waals surface area contributed by atoms with Crippen molar-refractivity contribution < 1.29 is 9.18 Å². The van der Waals surface area contributed by atoms with Crippen LogP contribution in [0.2, 0.25) is 5.02 Å². The standard InChI is InChI=1S/C14H10ClFINO/c15-10-5-2-1-4-9(10)8-13(19)18-12-7-3-6-11(16)14(12)17/h1-7H,8H2,(H,18,19). The van der Waals surface area contributed by atoms with Crippen LogP contribution in [0, 0.1) is 9.39 Å². The lowest BCUT2D eigenvalue weighted by Crippen LogP contribution is -2.15. The Morgan fingerprint density at radius 2 is 1.95 bits per heavy atom. The highest BCUT2D eigenvalue weighted by molar-refractivity contribution is 14.1. The summed E-state index contributed by atoms with van der Waals surface area (Å²) >= 11 is 7.85. The van der Waals surface area contributed by atoms with Crippen molar-refractivity contribution in [1.82, 2.24) is 0 Å². The van der Waals surface area contributed by atoms with E-state index < -0.39 is 0 Å². The Kier molecular flexibility index (Phi) is 4.76. The van der Waals surface area contributed by atoms with E-state index in [0.717, 1.165) is 5.56 Å². The molecular formula is C14H10ClFINO. The van der Waals surface area contributed by atoms with Gasteiger partial charge in [0.1, 0.15) is 5.82 Å². The summed E-state index contributed by atoms with van der Waals surface area (Å²) in [5.74, 6) is -0.576. The molecule has 0 saturated carbocycles. The van der Waals surface area contributed by atoms with Crippen molar-refractivity contribution in [3.05, 3.63) is 62.4 Å². The summed E-state index contributed by atoms with van der Waals surface area (Å²) in [4.78, 5) is 11.9. The number of benzene rings is 2. The van der Waals surface area contributed by atoms with E-state index in [2.05, 4.69) is 5.32 Å². The maximum atomic E-state index is 13.3. The van der Waals surface area contributed by atoms with E-state index in [0.29, 0.717) is 14.3 Å². The van der Waals surface area contributed by atoms with Crippen LogP contribution in [0.25, 0.3) is 0 Å². The summed E-state index contributed by atoms with van der Waals surface area (Å²) in [6.07, 6.45) is 0.159. The number of hydrogen-bond donors (Lipinski definition) is 1. The second kappa shape index (κ2) is 6.34. The lowest BCUT2D eigenvalue weighted by molar-refractivity contribution is -0.115. The zero-order chi connectivity index (χ0) is 13.8. The largest absolute Gasteiger partial charge is 0.325 e. The van der Waals surface area contributed by atoms with E-state index in [1.807, 2.05) is 28.7 Å². The summed E-state index contributed by atoms with van der Waals surface area (Å²) in [7, 11) is 0. The van der Waals surface area contributed by atoms with Crippen molar-refractivity contribution >= 4 is 45.8 Å². The topological polar surface area (TPSA) is 29.1 Å². The molecule has 0 heterocycles. The van der Waals surface area contributed by atoms with Crippen LogP contribution in [0.3, 0.4) is 0 Å². The number of anilines is 1. The molecule has 1 amide bonds. The molecule has 0 saturated heterocycles. The van der Waals surface area contributed by atoms with Crippen molar-refractivity contribution in [3.8, 4) is 0 Å². The van der Waals surface area contributed by atoms with E-state index in [-0.39, 0.29) is 18.1 Å². The molecule has 0 aliphatic rings. The summed E-state index contributed by atoms with van der Waals surface area (Å²) in [5, 5.41) is 3.23. The monoisotopic (exact) mass is 389 g/mol. The van der Waals surface area contributed by atoms with Gasteiger partial charge in [0.2, 0.25) is 5.91 Å². The lowest BCUT2D eigenvalue weighted by Gasteiger charge is -2.08. The number of hydrogen-bond acceptors (Lipinski definition) is 1. The third-order valence-corrected chi connectivity index (χ3v) is 4.00. The van der Waals surface area contributed by atoms with Crippen molar-refractivity contribution in [1.29, 1.82) is 0 Å². The molecule has 2 rings (SSSR count). The minimum atomic E-state index is -0.351. The van der Waals surface area contributed by atoms with Crippen LogP contribution >= 0.6 is 34.2 Å². The average Bonchev–Trinajstić information content (AvgIpc) is 2.38. The van der Waals surface area contributed by atoms with Gasteiger partial charge in [0.15, 0.2) is 0 Å². The van der Waals surface area contributed by atoms with Gasteiger partial charge in [0.05, 0.1) is 15.7 Å². The molecule has 0 radical (unpaired) electrons. The smallest absolute Gasteiger partial charge is 0.228 e. The summed E-state index contributed by atoms with van der Waals surface area (Å²) in [5.41, 5.74) is 1.21. The Morgan fingerprint density at radius 3 is 2.68 bits per heavy atom. The summed E-state index contributed by atoms with van der Waals surface area (Å²) in [6, 6.07) is 11.7. The first-order chi connectivity index (χ1) is 9.08. The summed E-state index contributed by atoms with van der Waals surface area (Å²) in [6.45, 7) is 0. The van der Waals surface area contributed by atoms with Gasteiger partial charge in [-0.25, -0.2) is 4.39 Å². The Hall–Kier alpha value is -1.14. The molecular weight excluding hydrogens is 380 g/mol. The van der Waals surface area contributed by atoms with Gasteiger partial charge in [0.25, 0.3) is 0 Å². The molecule has 1 N–H and O–H groups in total. The molecule has 0 spiro atoms. The molecule has 0 unspecified atom stereocenters. The van der Waals surface area contributed by atoms with Gasteiger partial charge < -0.3 is 5.32 Å². The predicted molar refractivity (Wildman–Crippen MR) is 82.9 cm³/mol. The Morgan fingerprint density at radius 1 is 1.21 bits per heavy atom. The van der Waals surface area contributed by atoms with Gasteiger partial charge >= 0.3 is 0 Å². The normalized spacial score (nSPS) is 10.3. The highest BCUT2D eigenvalue weighted by Crippen LogP contribution is 2.22. The molecule has 0 aliphatic carbocycles. The van der Waals surface area contributed by atoms with Crippen molar-refractivity contribution in [2.24, 2.45) is 0 Å². The number of nitrogens with one attached hydrogen (secondary N) is 1. The van der Waals surface area contributed by atoms with Crippen LogP contribution in [0.15, 0.2) is 42.5 Å². The Balaban J connectivity index is 2.10. The number of amides is 1. The van der Waals surface area contributed by atoms with Gasteiger partial charge in [-0.3, -0.25) is 4.79 Å². The van der Waals surface area contributed by atoms with Gasteiger partial charge in [-0.1, -0.05) is 35.9 Å². The van der Waals surface area contributed by atoms with Crippen molar-refractivity contribution in [2.75, 3.05) is 5.32 Å². The molecule has 19 heavy (non-hydrogen) atoms. The molecule has 98 valence electrons. The van der Waals surface area contributed by atoms with E-state index >= 15 is 0 Å². The van der Waals surface area contributed by atoms with Crippen LogP contribution in [-0.2, 0) is 11.2 Å². The van der Waals surface area contributed by atoms with E-state index in [9.17, 15) is 9.18 Å². The zero-order valence-corrected chi connectivity index (χ0v) is 12.7. The first-order valence-electron chi connectivity index (χ1n) is 5.55. The molecule has 0 fully saturated rings. The maximum absolute atomic E-state index is 13.3. The molecule has 0 aliphatic heterocycles. The Labute approximate surface area is 129 Å². The number of rotatable bonds is 3. The highest BCUT2D eigenvalue weighted by atomic mass is 127. The van der Waals surface area contributed by atoms with Crippen LogP contribution in [0.4, 0.5) is 10.1 Å². The summed E-state index contributed by atoms with van der Waals surface area (Å²) < 4.78 is 13.7. The first kappa shape index (κ1) is 14.3. The molecule has 2 nitrogen and oxygen atoms in total. The van der Waals surface area contributed by atoms with Gasteiger partial charge in [-0.15, -0.1) is 0 Å². The van der Waals surface area contributed by atoms with Crippen molar-refractivity contribution in [3.63, 3.8) is 0 Å². The first-order valence-corrected chi connectivity index (χ1v) is 7.01. The fourth-order valence-corrected chi connectivity index (χ4v) is 2.31. The molecule has 0 atom stereocenters. The third-order valence-electron chi connectivity index (χ3n) is 2.53. The number of halogens is 3. The molecule has 2 aromatic rings. The molecule has 2 aromatic carbocycles. The maximum Gasteiger partial charge on any atom is 0.228 e. The average molecular weight is 390 g/mol. The predicted octanol–water partition coefficient (Wildman–Crippen LogP) is 4.26. The van der Waals surface area contributed by atoms with E-state index in [1.165, 1.54) is 6.07 Å². The second-order valence-electron chi connectivity index (χ2n) is 3.92. The van der Waals surface area contributed by atoms with Crippen molar-refractivity contribution in [2.45, 2.75) is 6.42 Å². The van der Waals surface area contributed by atoms with Crippen LogP contribution < -0.4 is 5.32 Å². The second-order valence-corrected chi connectivity index (χ2v) is 5.40. The van der Waals surface area contributed by atoms with Gasteiger partial charge in [-0.05, 0) is 46.4 Å². The lowest BCUT2D eigenvalue weighted by atomic mass is 10.1. The number of carbonyl (C=O) groups is 1. The fourth-order valence-electron chi connectivity index (χ4n) is 1.61. The highest BCUT2D eigenvalue weighted by Gasteiger charge is 2.10. The van der Waals surface area contributed by atoms with Crippen LogP contribution in [-0.4, -0.2) is 5.91 Å². The van der Waals surface area contributed by atoms with Gasteiger partial charge in [0, 0.05) is 5.02 Å². The SMILES string of the molecule is O=C(Cc1ccccc1Cl)Nc1cccc(F)c1I. The van der Waals surface area contributed by atoms with E-state index in [4.69, 9.17) is 11.6 Å². The van der Waals surface area contributed by atoms with Gasteiger partial charge in [-0.2, -0.15) is 0 Å². The minimum absolute atomic E-state index is 0.159. The number of carbonyl (C=O) groups excluding carboxylic acids is 1. The van der Waals surface area contributed by atoms with E-state index in [1.54, 1.807) is 30.3 Å². The molecule has 5 heteroatoms. The third kappa shape index (κ3) is 3.67. The fraction of sp³-hybridized carbons (Fsp3) is 0.0714. The quantitative estimate of drug-likeness (QED) is 0.781. The van der Waals surface area contributed by atoms with Crippen LogP contribution in [0.5, 0.6) is 0 Å². The Bertz CT molecular complexity index is 618. The molecule has 0 aromatic heterocycles.